The number of nitrogens with one attached hydrogen (secondary N) is 2. The summed E-state index contributed by atoms with van der Waals surface area (Å²) in [7, 11) is -6.97. The summed E-state index contributed by atoms with van der Waals surface area (Å²) in [6, 6.07) is 31.1. The van der Waals surface area contributed by atoms with E-state index < -0.39 is 19.7 Å². The molecule has 2 aliphatic carbocycles. The molecule has 4 aliphatic rings. The molecule has 8 rings (SSSR count). The average molecular weight is 1310 g/mol. The number of likely N-dealkylation sites (tertiary alicyclic amines) is 2. The highest BCUT2D eigenvalue weighted by Gasteiger charge is 2.40. The number of sulfone groups is 2. The smallest absolute Gasteiger partial charge is 0.222 e. The number of carbonyl (C=O) groups is 2. The monoisotopic (exact) mass is 1310 g/mol. The van der Waals surface area contributed by atoms with E-state index in [4.69, 9.17) is 52.1 Å². The maximum Gasteiger partial charge on any atom is 0.222 e. The first-order valence-electron chi connectivity index (χ1n) is 32.9. The molecule has 0 spiro atoms. The molecule has 2 heterocycles. The fraction of sp³-hybridized carbons (Fsp3) is 0.618. The van der Waals surface area contributed by atoms with Crippen LogP contribution in [-0.2, 0) is 84.7 Å². The summed E-state index contributed by atoms with van der Waals surface area (Å²) in [5.74, 6) is 0.985. The number of hydrogen-bond donors (Lipinski definition) is 2. The number of benzene rings is 4. The van der Waals surface area contributed by atoms with Crippen molar-refractivity contribution in [1.29, 1.82) is 0 Å². The molecule has 4 atom stereocenters. The minimum Gasteiger partial charge on any atom is -0.484 e. The van der Waals surface area contributed by atoms with Gasteiger partial charge in [0, 0.05) is 39.1 Å². The number of carbonyl (C=O) groups excluding carboxylic acids is 2. The zero-order valence-electron chi connectivity index (χ0n) is 53.1. The molecule has 2 amide bonds. The Kier molecular flexibility index (Phi) is 31.7. The second-order valence-electron chi connectivity index (χ2n) is 23.2. The Morgan fingerprint density at radius 1 is 0.385 bits per heavy atom. The predicted molar refractivity (Wildman–Crippen MR) is 344 cm³/mol. The largest absolute Gasteiger partial charge is 0.484 e. The van der Waals surface area contributed by atoms with Gasteiger partial charge in [0.1, 0.15) is 23.7 Å². The molecule has 0 bridgehead atoms. The first-order valence-corrected chi connectivity index (χ1v) is 36.2. The van der Waals surface area contributed by atoms with Crippen LogP contribution in [0.1, 0.15) is 98.7 Å². The molecule has 91 heavy (non-hydrogen) atoms. The quantitative estimate of drug-likeness (QED) is 0.0427. The van der Waals surface area contributed by atoms with Crippen LogP contribution >= 0.6 is 0 Å². The van der Waals surface area contributed by atoms with Crippen LogP contribution in [0.3, 0.4) is 0 Å². The molecule has 23 heteroatoms. The Bertz CT molecular complexity index is 2750. The predicted octanol–water partition coefficient (Wildman–Crippen LogP) is 6.94. The van der Waals surface area contributed by atoms with Crippen molar-refractivity contribution in [3.63, 3.8) is 0 Å². The zero-order valence-corrected chi connectivity index (χ0v) is 54.7. The lowest BCUT2D eigenvalue weighted by Gasteiger charge is -2.35. The van der Waals surface area contributed by atoms with E-state index in [0.29, 0.717) is 130 Å². The van der Waals surface area contributed by atoms with Crippen LogP contribution in [0, 0.1) is 0 Å². The van der Waals surface area contributed by atoms with Crippen molar-refractivity contribution in [2.75, 3.05) is 170 Å². The molecule has 1 unspecified atom stereocenters. The number of fused-ring (bicyclic) bond motifs is 2. The van der Waals surface area contributed by atoms with Crippen molar-refractivity contribution >= 4 is 31.5 Å². The summed E-state index contributed by atoms with van der Waals surface area (Å²) in [6.07, 6.45) is 10.2. The van der Waals surface area contributed by atoms with Crippen molar-refractivity contribution in [3.8, 4) is 11.5 Å². The molecule has 4 aromatic rings. The van der Waals surface area contributed by atoms with Crippen LogP contribution in [0.15, 0.2) is 107 Å². The van der Waals surface area contributed by atoms with Gasteiger partial charge in [-0.25, -0.2) is 16.8 Å². The third-order valence-electron chi connectivity index (χ3n) is 16.6. The van der Waals surface area contributed by atoms with Gasteiger partial charge in [-0.3, -0.25) is 19.4 Å². The number of hydrogen-bond acceptors (Lipinski definition) is 19. The van der Waals surface area contributed by atoms with Crippen LogP contribution < -0.4 is 20.1 Å². The fourth-order valence-corrected chi connectivity index (χ4v) is 14.4. The van der Waals surface area contributed by atoms with Crippen molar-refractivity contribution in [2.24, 2.45) is 0 Å². The van der Waals surface area contributed by atoms with Crippen molar-refractivity contribution in [1.82, 2.24) is 20.4 Å². The second kappa shape index (κ2) is 40.2. The van der Waals surface area contributed by atoms with Gasteiger partial charge in [0.05, 0.1) is 139 Å². The van der Waals surface area contributed by atoms with Crippen LogP contribution in [0.25, 0.3) is 0 Å². The minimum absolute atomic E-state index is 0.0282. The van der Waals surface area contributed by atoms with Crippen LogP contribution in [0.5, 0.6) is 11.5 Å². The lowest BCUT2D eigenvalue weighted by atomic mass is 10.0. The molecule has 21 nitrogen and oxygen atoms in total. The third-order valence-corrected chi connectivity index (χ3v) is 20.2. The lowest BCUT2D eigenvalue weighted by molar-refractivity contribution is -0.123. The van der Waals surface area contributed by atoms with Gasteiger partial charge in [0.25, 0.3) is 0 Å². The second-order valence-corrected chi connectivity index (χ2v) is 27.4. The molecular weight excluding hydrogens is 1210 g/mol. The molecule has 0 saturated carbocycles. The third kappa shape index (κ3) is 24.9. The summed E-state index contributed by atoms with van der Waals surface area (Å²) >= 11 is 0. The van der Waals surface area contributed by atoms with Gasteiger partial charge in [-0.15, -0.1) is 0 Å². The van der Waals surface area contributed by atoms with Gasteiger partial charge in [-0.1, -0.05) is 61.4 Å². The fourth-order valence-electron chi connectivity index (χ4n) is 11.8. The molecule has 2 saturated heterocycles. The lowest BCUT2D eigenvalue weighted by Crippen LogP contribution is -2.43. The maximum atomic E-state index is 13.1. The van der Waals surface area contributed by atoms with E-state index in [1.165, 1.54) is 60.8 Å². The van der Waals surface area contributed by atoms with Gasteiger partial charge in [-0.05, 0) is 148 Å². The Balaban J connectivity index is 0.513. The van der Waals surface area contributed by atoms with Crippen LogP contribution in [0.2, 0.25) is 0 Å². The van der Waals surface area contributed by atoms with Crippen LogP contribution in [-0.4, -0.2) is 220 Å². The Morgan fingerprint density at radius 3 is 1.07 bits per heavy atom. The topological polar surface area (TPSA) is 234 Å². The highest BCUT2D eigenvalue weighted by Crippen LogP contribution is 2.41. The van der Waals surface area contributed by atoms with Crippen molar-refractivity contribution < 1.29 is 78.5 Å². The molecule has 2 N–H and O–H groups in total. The van der Waals surface area contributed by atoms with E-state index in [1.54, 1.807) is 48.5 Å². The normalized spacial score (nSPS) is 18.6. The van der Waals surface area contributed by atoms with Gasteiger partial charge < -0.3 is 62.7 Å². The maximum absolute atomic E-state index is 13.1. The SMILES string of the molecule is O=C(CCOCCOCCOCCOCCOCCC(=O)NCCOCCOCCCS(=O)(=O)c1ccc(O[C@H]2c3ccccc3C[C@@H]2N2CCCCC2)cc1)NCCOCCOCCCS(=O)(=O)c1ccc(OC2c3ccccc3C[C@@H]2N2CCCCC2)cc1. The van der Waals surface area contributed by atoms with Crippen LogP contribution in [0.4, 0.5) is 0 Å². The summed E-state index contributed by atoms with van der Waals surface area (Å²) in [4.78, 5) is 29.9. The molecule has 504 valence electrons. The molecule has 0 radical (unpaired) electrons. The standard InChI is InChI=1S/C68H98N4O17S2/c73-65(69-27-37-83-43-39-79-33-11-51-90(75,76)59-21-17-57(18-22-59)88-67-61-15-5-3-13-55(61)53-63(67)71-29-7-1-8-30-71)25-35-81-41-45-85-47-49-87-50-48-86-46-42-82-36-26-66(74)70-28-38-84-44-40-80-34-12-52-91(77,78)60-23-19-58(20-24-60)89-68-62-16-6-4-14-56(62)54-64(68)72-31-9-2-10-32-72/h3-6,13-24,63-64,67-68H,1-2,7-12,25-54H2,(H,69,73)(H,70,74)/t63-,64-,67-,68?/m0/s1. The number of piperidine rings is 2. The number of amides is 2. The molecule has 4 aromatic carbocycles. The van der Waals surface area contributed by atoms with E-state index in [2.05, 4.69) is 69.0 Å². The first-order chi connectivity index (χ1) is 44.5. The van der Waals surface area contributed by atoms with Gasteiger partial charge in [0.2, 0.25) is 11.8 Å². The zero-order chi connectivity index (χ0) is 63.6. The van der Waals surface area contributed by atoms with E-state index in [9.17, 15) is 26.4 Å². The molecule has 2 fully saturated rings. The van der Waals surface area contributed by atoms with Crippen molar-refractivity contribution in [3.05, 3.63) is 119 Å². The number of ether oxygens (including phenoxy) is 11. The van der Waals surface area contributed by atoms with Gasteiger partial charge in [0.15, 0.2) is 19.7 Å². The Morgan fingerprint density at radius 2 is 0.703 bits per heavy atom. The van der Waals surface area contributed by atoms with Crippen molar-refractivity contribution in [2.45, 2.75) is 111 Å². The van der Waals surface area contributed by atoms with Gasteiger partial charge >= 0.3 is 0 Å². The number of nitrogens with zero attached hydrogens (tertiary/aromatic N) is 2. The van der Waals surface area contributed by atoms with E-state index >= 15 is 0 Å². The first kappa shape index (κ1) is 71.7. The van der Waals surface area contributed by atoms with E-state index in [0.717, 1.165) is 39.0 Å². The van der Waals surface area contributed by atoms with E-state index in [-0.39, 0.29) is 96.7 Å². The molecular formula is C68H98N4O17S2. The summed E-state index contributed by atoms with van der Waals surface area (Å²) in [5, 5.41) is 5.59. The van der Waals surface area contributed by atoms with E-state index in [1.807, 2.05) is 0 Å². The minimum atomic E-state index is -3.49. The highest BCUT2D eigenvalue weighted by molar-refractivity contribution is 7.91. The molecule has 0 aromatic heterocycles. The highest BCUT2D eigenvalue weighted by atomic mass is 32.2. The van der Waals surface area contributed by atoms with Gasteiger partial charge in [-0.2, -0.15) is 0 Å². The average Bonchev–Trinajstić information content (AvgIpc) is 1.71. The Labute approximate surface area is 539 Å². The molecule has 2 aliphatic heterocycles. The Hall–Kier alpha value is -5.12. The number of rotatable bonds is 46. The summed E-state index contributed by atoms with van der Waals surface area (Å²) < 4.78 is 115. The summed E-state index contributed by atoms with van der Waals surface area (Å²) in [5.41, 5.74) is 5.07. The summed E-state index contributed by atoms with van der Waals surface area (Å²) in [6.45, 7) is 11.1.